The second kappa shape index (κ2) is 5.85. The Morgan fingerprint density at radius 2 is 1.94 bits per heavy atom. The molecular formula is C14H26N2O. The highest BCUT2D eigenvalue weighted by molar-refractivity contribution is 5.78. The van der Waals surface area contributed by atoms with Crippen LogP contribution in [0.4, 0.5) is 0 Å². The van der Waals surface area contributed by atoms with E-state index in [9.17, 15) is 4.79 Å². The monoisotopic (exact) mass is 238 g/mol. The Bertz CT molecular complexity index is 251. The molecule has 1 aliphatic heterocycles. The zero-order valence-corrected chi connectivity index (χ0v) is 11.1. The van der Waals surface area contributed by atoms with Crippen LogP contribution >= 0.6 is 0 Å². The molecule has 3 nitrogen and oxygen atoms in total. The van der Waals surface area contributed by atoms with Crippen LogP contribution in [0, 0.1) is 5.92 Å². The Balaban J connectivity index is 1.75. The minimum absolute atomic E-state index is 0.139. The smallest absolute Gasteiger partial charge is 0.223 e. The molecular weight excluding hydrogens is 212 g/mol. The summed E-state index contributed by atoms with van der Waals surface area (Å²) in [6.07, 6.45) is 9.67. The highest BCUT2D eigenvalue weighted by atomic mass is 16.1. The van der Waals surface area contributed by atoms with E-state index >= 15 is 0 Å². The topological polar surface area (TPSA) is 41.1 Å². The summed E-state index contributed by atoms with van der Waals surface area (Å²) in [4.78, 5) is 12.1. The number of nitrogens with one attached hydrogen (secondary N) is 2. The summed E-state index contributed by atoms with van der Waals surface area (Å²) < 4.78 is 0. The van der Waals surface area contributed by atoms with Gasteiger partial charge < -0.3 is 10.6 Å². The minimum Gasteiger partial charge on any atom is -0.354 e. The first-order valence-corrected chi connectivity index (χ1v) is 7.22. The van der Waals surface area contributed by atoms with Crippen molar-refractivity contribution in [3.8, 4) is 0 Å². The molecule has 98 valence electrons. The predicted molar refractivity (Wildman–Crippen MR) is 69.8 cm³/mol. The van der Waals surface area contributed by atoms with Crippen molar-refractivity contribution < 1.29 is 4.79 Å². The Morgan fingerprint density at radius 1 is 1.24 bits per heavy atom. The minimum atomic E-state index is 0.139. The quantitative estimate of drug-likeness (QED) is 0.740. The number of carbonyl (C=O) groups is 1. The lowest BCUT2D eigenvalue weighted by molar-refractivity contribution is -0.125. The second-order valence-corrected chi connectivity index (χ2v) is 6.00. The summed E-state index contributed by atoms with van der Waals surface area (Å²) in [6.45, 7) is 4.10. The van der Waals surface area contributed by atoms with E-state index in [0.29, 0.717) is 5.91 Å². The van der Waals surface area contributed by atoms with E-state index in [0.717, 1.165) is 25.9 Å². The van der Waals surface area contributed by atoms with Crippen molar-refractivity contribution in [2.24, 2.45) is 5.92 Å². The van der Waals surface area contributed by atoms with Gasteiger partial charge in [0, 0.05) is 18.0 Å². The number of hydrogen-bond donors (Lipinski definition) is 2. The molecule has 0 bridgehead atoms. The van der Waals surface area contributed by atoms with E-state index in [1.165, 1.54) is 38.5 Å². The SMILES string of the molecule is CC1(CNC(=O)C2CCCCCC2)CCCN1. The molecule has 1 saturated carbocycles. The zero-order valence-electron chi connectivity index (χ0n) is 11.1. The van der Waals surface area contributed by atoms with Gasteiger partial charge in [0.1, 0.15) is 0 Å². The third kappa shape index (κ3) is 3.70. The fourth-order valence-corrected chi connectivity index (χ4v) is 3.08. The molecule has 0 aromatic rings. The number of carbonyl (C=O) groups excluding carboxylic acids is 1. The largest absolute Gasteiger partial charge is 0.354 e. The van der Waals surface area contributed by atoms with Crippen molar-refractivity contribution in [3.05, 3.63) is 0 Å². The van der Waals surface area contributed by atoms with Gasteiger partial charge in [-0.15, -0.1) is 0 Å². The summed E-state index contributed by atoms with van der Waals surface area (Å²) in [5.74, 6) is 0.573. The van der Waals surface area contributed by atoms with Gasteiger partial charge in [-0.2, -0.15) is 0 Å². The molecule has 3 heteroatoms. The number of rotatable bonds is 3. The van der Waals surface area contributed by atoms with Crippen LogP contribution in [0.3, 0.4) is 0 Å². The van der Waals surface area contributed by atoms with Gasteiger partial charge in [0.05, 0.1) is 0 Å². The molecule has 17 heavy (non-hydrogen) atoms. The fourth-order valence-electron chi connectivity index (χ4n) is 3.08. The molecule has 0 aromatic carbocycles. The zero-order chi connectivity index (χ0) is 12.1. The van der Waals surface area contributed by atoms with Crippen molar-refractivity contribution in [3.63, 3.8) is 0 Å². The maximum Gasteiger partial charge on any atom is 0.223 e. The van der Waals surface area contributed by atoms with Gasteiger partial charge in [0.2, 0.25) is 5.91 Å². The predicted octanol–water partition coefficient (Wildman–Crippen LogP) is 2.22. The molecule has 1 aliphatic carbocycles. The van der Waals surface area contributed by atoms with Crippen LogP contribution in [0.5, 0.6) is 0 Å². The van der Waals surface area contributed by atoms with Crippen molar-refractivity contribution in [1.82, 2.24) is 10.6 Å². The van der Waals surface area contributed by atoms with E-state index in [1.54, 1.807) is 0 Å². The Labute approximate surface area is 105 Å². The van der Waals surface area contributed by atoms with Crippen LogP contribution in [-0.4, -0.2) is 24.5 Å². The highest BCUT2D eigenvalue weighted by Gasteiger charge is 2.29. The van der Waals surface area contributed by atoms with Gasteiger partial charge in [-0.1, -0.05) is 25.7 Å². The molecule has 1 amide bonds. The van der Waals surface area contributed by atoms with Crippen LogP contribution < -0.4 is 10.6 Å². The standard InChI is InChI=1S/C14H26N2O/c1-14(9-6-10-16-14)11-15-13(17)12-7-4-2-3-5-8-12/h12,16H,2-11H2,1H3,(H,15,17). The van der Waals surface area contributed by atoms with Crippen LogP contribution in [0.1, 0.15) is 58.3 Å². The lowest BCUT2D eigenvalue weighted by Gasteiger charge is -2.26. The van der Waals surface area contributed by atoms with Gasteiger partial charge in [0.15, 0.2) is 0 Å². The van der Waals surface area contributed by atoms with Gasteiger partial charge >= 0.3 is 0 Å². The van der Waals surface area contributed by atoms with E-state index < -0.39 is 0 Å². The first kappa shape index (κ1) is 12.9. The molecule has 1 unspecified atom stereocenters. The van der Waals surface area contributed by atoms with Gasteiger partial charge in [-0.3, -0.25) is 4.79 Å². The van der Waals surface area contributed by atoms with E-state index in [-0.39, 0.29) is 11.5 Å². The first-order chi connectivity index (χ1) is 8.20. The summed E-state index contributed by atoms with van der Waals surface area (Å²) in [6, 6.07) is 0. The Morgan fingerprint density at radius 3 is 2.53 bits per heavy atom. The first-order valence-electron chi connectivity index (χ1n) is 7.22. The molecule has 2 aliphatic rings. The van der Waals surface area contributed by atoms with E-state index in [1.807, 2.05) is 0 Å². The summed E-state index contributed by atoms with van der Waals surface area (Å²) in [5.41, 5.74) is 0.139. The van der Waals surface area contributed by atoms with Crippen molar-refractivity contribution in [1.29, 1.82) is 0 Å². The summed E-state index contributed by atoms with van der Waals surface area (Å²) >= 11 is 0. The van der Waals surface area contributed by atoms with E-state index in [2.05, 4.69) is 17.6 Å². The average molecular weight is 238 g/mol. The van der Waals surface area contributed by atoms with Crippen LogP contribution in [0.2, 0.25) is 0 Å². The Hall–Kier alpha value is -0.570. The maximum atomic E-state index is 12.1. The lowest BCUT2D eigenvalue weighted by Crippen LogP contribution is -2.48. The van der Waals surface area contributed by atoms with Gasteiger partial charge in [-0.05, 0) is 39.2 Å². The molecule has 2 fully saturated rings. The van der Waals surface area contributed by atoms with Crippen LogP contribution in [0.25, 0.3) is 0 Å². The fraction of sp³-hybridized carbons (Fsp3) is 0.929. The van der Waals surface area contributed by atoms with Gasteiger partial charge in [-0.25, -0.2) is 0 Å². The molecule has 2 N–H and O–H groups in total. The normalized spacial score (nSPS) is 31.1. The summed E-state index contributed by atoms with van der Waals surface area (Å²) in [7, 11) is 0. The van der Waals surface area contributed by atoms with Crippen molar-refractivity contribution in [2.45, 2.75) is 63.8 Å². The number of amides is 1. The van der Waals surface area contributed by atoms with E-state index in [4.69, 9.17) is 0 Å². The molecule has 2 rings (SSSR count). The number of hydrogen-bond acceptors (Lipinski definition) is 2. The lowest BCUT2D eigenvalue weighted by atomic mass is 9.97. The maximum absolute atomic E-state index is 12.1. The molecule has 0 radical (unpaired) electrons. The molecule has 1 heterocycles. The molecule has 1 atom stereocenters. The highest BCUT2D eigenvalue weighted by Crippen LogP contribution is 2.23. The van der Waals surface area contributed by atoms with Crippen molar-refractivity contribution in [2.75, 3.05) is 13.1 Å². The average Bonchev–Trinajstić information content (AvgIpc) is 2.60. The Kier molecular flexibility index (Phi) is 4.43. The van der Waals surface area contributed by atoms with Gasteiger partial charge in [0.25, 0.3) is 0 Å². The summed E-state index contributed by atoms with van der Waals surface area (Å²) in [5, 5.41) is 6.65. The third-order valence-corrected chi connectivity index (χ3v) is 4.34. The molecule has 1 saturated heterocycles. The molecule has 0 spiro atoms. The van der Waals surface area contributed by atoms with Crippen molar-refractivity contribution >= 4 is 5.91 Å². The third-order valence-electron chi connectivity index (χ3n) is 4.34. The van der Waals surface area contributed by atoms with Crippen LogP contribution in [0.15, 0.2) is 0 Å². The molecule has 0 aromatic heterocycles. The second-order valence-electron chi connectivity index (χ2n) is 6.00. The van der Waals surface area contributed by atoms with Crippen LogP contribution in [-0.2, 0) is 4.79 Å².